The van der Waals surface area contributed by atoms with Gasteiger partial charge in [0.1, 0.15) is 12.3 Å². The Hall–Kier alpha value is -1.85. The third-order valence-electron chi connectivity index (χ3n) is 4.89. The van der Waals surface area contributed by atoms with Gasteiger partial charge in [0.2, 0.25) is 10.0 Å². The maximum absolute atomic E-state index is 11.9. The lowest BCUT2D eigenvalue weighted by Gasteiger charge is -2.33. The fourth-order valence-electron chi connectivity index (χ4n) is 3.63. The summed E-state index contributed by atoms with van der Waals surface area (Å²) < 4.78 is 51.9. The highest BCUT2D eigenvalue weighted by Gasteiger charge is 2.35. The number of hydrogen-bond acceptors (Lipinski definition) is 6. The summed E-state index contributed by atoms with van der Waals surface area (Å²) in [6.45, 7) is 0.155. The summed E-state index contributed by atoms with van der Waals surface area (Å²) in [5.41, 5.74) is 0.804. The summed E-state index contributed by atoms with van der Waals surface area (Å²) in [6.07, 6.45) is 5.03. The third kappa shape index (κ3) is 4.36. The molecule has 2 fully saturated rings. The molecule has 2 aliphatic heterocycles. The Labute approximate surface area is 159 Å². The van der Waals surface area contributed by atoms with E-state index >= 15 is 0 Å². The number of carbonyl (C=O) groups excluding carboxylic acids is 1. The Morgan fingerprint density at radius 3 is 2.63 bits per heavy atom. The molecule has 3 rings (SSSR count). The van der Waals surface area contributed by atoms with E-state index in [1.165, 1.54) is 18.4 Å². The molecule has 0 radical (unpaired) electrons. The molecule has 0 spiro atoms. The molecule has 1 aromatic carbocycles. The van der Waals surface area contributed by atoms with Crippen LogP contribution in [0.25, 0.3) is 0 Å². The molecule has 9 nitrogen and oxygen atoms in total. The van der Waals surface area contributed by atoms with Crippen LogP contribution in [0, 0.1) is 0 Å². The van der Waals surface area contributed by atoms with Crippen LogP contribution in [0.3, 0.4) is 0 Å². The van der Waals surface area contributed by atoms with E-state index in [4.69, 9.17) is 0 Å². The minimum Gasteiger partial charge on any atom is -0.506 e. The van der Waals surface area contributed by atoms with Gasteiger partial charge in [-0.15, -0.1) is 0 Å². The first-order valence-electron chi connectivity index (χ1n) is 8.70. The standard InChI is InChI=1S/C16H23N3O6S2/c1-26(22,23)18-9-3-2-4-13(18)7-5-12-6-8-14(15(20)10-12)19-11-16(21)17-27(19,24)25/h6,8,10,13,20H,2-5,7,9,11H2,1H3,(H,17,21). The van der Waals surface area contributed by atoms with Crippen molar-refractivity contribution in [3.05, 3.63) is 23.8 Å². The smallest absolute Gasteiger partial charge is 0.326 e. The Kier molecular flexibility index (Phi) is 5.37. The largest absolute Gasteiger partial charge is 0.506 e. The Morgan fingerprint density at radius 1 is 1.30 bits per heavy atom. The van der Waals surface area contributed by atoms with Crippen molar-refractivity contribution >= 4 is 31.8 Å². The molecule has 0 aromatic heterocycles. The van der Waals surface area contributed by atoms with Gasteiger partial charge in [0.15, 0.2) is 0 Å². The highest BCUT2D eigenvalue weighted by atomic mass is 32.2. The van der Waals surface area contributed by atoms with Crippen molar-refractivity contribution in [3.8, 4) is 5.75 Å². The molecule has 2 saturated heterocycles. The lowest BCUT2D eigenvalue weighted by atomic mass is 9.97. The fraction of sp³-hybridized carbons (Fsp3) is 0.562. The molecule has 27 heavy (non-hydrogen) atoms. The van der Waals surface area contributed by atoms with Crippen LogP contribution < -0.4 is 9.03 Å². The number of nitrogens with one attached hydrogen (secondary N) is 1. The molecule has 0 aliphatic carbocycles. The van der Waals surface area contributed by atoms with Crippen molar-refractivity contribution in [1.29, 1.82) is 0 Å². The summed E-state index contributed by atoms with van der Waals surface area (Å²) in [7, 11) is -7.23. The predicted molar refractivity (Wildman–Crippen MR) is 100 cm³/mol. The first-order chi connectivity index (χ1) is 12.6. The van der Waals surface area contributed by atoms with E-state index in [0.29, 0.717) is 19.4 Å². The number of benzene rings is 1. The number of rotatable bonds is 5. The van der Waals surface area contributed by atoms with E-state index in [2.05, 4.69) is 0 Å². The highest BCUT2D eigenvalue weighted by Crippen LogP contribution is 2.32. The van der Waals surface area contributed by atoms with E-state index in [1.54, 1.807) is 10.4 Å². The maximum Gasteiger partial charge on any atom is 0.326 e. The third-order valence-corrected chi connectivity index (χ3v) is 7.62. The molecule has 2 heterocycles. The van der Waals surface area contributed by atoms with E-state index in [9.17, 15) is 26.7 Å². The van der Waals surface area contributed by atoms with Crippen LogP contribution in [0.15, 0.2) is 18.2 Å². The number of piperidine rings is 1. The van der Waals surface area contributed by atoms with Gasteiger partial charge in [0.05, 0.1) is 11.9 Å². The first kappa shape index (κ1) is 19.9. The molecule has 0 saturated carbocycles. The van der Waals surface area contributed by atoms with Crippen molar-refractivity contribution in [2.24, 2.45) is 0 Å². The van der Waals surface area contributed by atoms with Crippen molar-refractivity contribution in [2.75, 3.05) is 23.7 Å². The van der Waals surface area contributed by atoms with Crippen LogP contribution >= 0.6 is 0 Å². The van der Waals surface area contributed by atoms with Crippen molar-refractivity contribution < 1.29 is 26.7 Å². The predicted octanol–water partition coefficient (Wildman–Crippen LogP) is 0.320. The van der Waals surface area contributed by atoms with Crippen LogP contribution in [0.2, 0.25) is 0 Å². The lowest BCUT2D eigenvalue weighted by Crippen LogP contribution is -2.43. The maximum atomic E-state index is 11.9. The van der Waals surface area contributed by atoms with Gasteiger partial charge in [0, 0.05) is 12.6 Å². The molecule has 0 bridgehead atoms. The summed E-state index contributed by atoms with van der Waals surface area (Å²) in [4.78, 5) is 11.3. The molecule has 1 aromatic rings. The van der Waals surface area contributed by atoms with E-state index in [-0.39, 0.29) is 24.0 Å². The van der Waals surface area contributed by atoms with Gasteiger partial charge in [-0.2, -0.15) is 12.7 Å². The molecule has 2 N–H and O–H groups in total. The quantitative estimate of drug-likeness (QED) is 0.711. The molecule has 2 aliphatic rings. The Morgan fingerprint density at radius 2 is 2.04 bits per heavy atom. The van der Waals surface area contributed by atoms with Gasteiger partial charge in [-0.25, -0.2) is 17.4 Å². The molecule has 1 unspecified atom stereocenters. The van der Waals surface area contributed by atoms with Gasteiger partial charge in [0.25, 0.3) is 5.91 Å². The summed E-state index contributed by atoms with van der Waals surface area (Å²) in [5, 5.41) is 10.2. The minimum atomic E-state index is -3.98. The summed E-state index contributed by atoms with van der Waals surface area (Å²) in [5.74, 6) is -0.896. The Bertz CT molecular complexity index is 945. The number of sulfonamides is 1. The number of aryl methyl sites for hydroxylation is 1. The van der Waals surface area contributed by atoms with Gasteiger partial charge in [-0.05, 0) is 43.4 Å². The number of carbonyl (C=O) groups is 1. The van der Waals surface area contributed by atoms with Crippen molar-refractivity contribution in [1.82, 2.24) is 9.03 Å². The number of phenolic OH excluding ortho intramolecular Hbond substituents is 1. The average Bonchev–Trinajstić information content (AvgIpc) is 2.84. The average molecular weight is 418 g/mol. The summed E-state index contributed by atoms with van der Waals surface area (Å²) in [6, 6.07) is 4.52. The molecule has 1 amide bonds. The second kappa shape index (κ2) is 7.28. The molecular weight excluding hydrogens is 394 g/mol. The van der Waals surface area contributed by atoms with Crippen LogP contribution in [0.5, 0.6) is 5.75 Å². The van der Waals surface area contributed by atoms with Gasteiger partial charge in [-0.3, -0.25) is 4.79 Å². The first-order valence-corrected chi connectivity index (χ1v) is 12.0. The van der Waals surface area contributed by atoms with Crippen LogP contribution in [-0.4, -0.2) is 57.5 Å². The normalized spacial score (nSPS) is 23.4. The lowest BCUT2D eigenvalue weighted by molar-refractivity contribution is -0.117. The van der Waals surface area contributed by atoms with E-state index in [0.717, 1.165) is 29.1 Å². The zero-order valence-electron chi connectivity index (χ0n) is 15.0. The van der Waals surface area contributed by atoms with Gasteiger partial charge in [-0.1, -0.05) is 12.5 Å². The van der Waals surface area contributed by atoms with E-state index < -0.39 is 26.1 Å². The number of phenols is 1. The number of anilines is 1. The minimum absolute atomic E-state index is 0.0347. The fourth-order valence-corrected chi connectivity index (χ4v) is 6.01. The monoisotopic (exact) mass is 417 g/mol. The molecular formula is C16H23N3O6S2. The zero-order chi connectivity index (χ0) is 19.8. The summed E-state index contributed by atoms with van der Waals surface area (Å²) >= 11 is 0. The topological polar surface area (TPSA) is 124 Å². The van der Waals surface area contributed by atoms with Crippen molar-refractivity contribution in [2.45, 2.75) is 38.1 Å². The van der Waals surface area contributed by atoms with Gasteiger partial charge < -0.3 is 5.11 Å². The number of amides is 1. The van der Waals surface area contributed by atoms with Crippen molar-refractivity contribution in [3.63, 3.8) is 0 Å². The number of hydrogen-bond donors (Lipinski definition) is 2. The van der Waals surface area contributed by atoms with Crippen LogP contribution in [-0.2, 0) is 31.4 Å². The Balaban J connectivity index is 1.72. The number of aromatic hydroxyl groups is 1. The van der Waals surface area contributed by atoms with Crippen LogP contribution in [0.1, 0.15) is 31.2 Å². The van der Waals surface area contributed by atoms with Gasteiger partial charge >= 0.3 is 10.2 Å². The number of nitrogens with zero attached hydrogens (tertiary/aromatic N) is 2. The second-order valence-electron chi connectivity index (χ2n) is 6.92. The SMILES string of the molecule is CS(=O)(=O)N1CCCCC1CCc1ccc(N2CC(=O)NS2(=O)=O)c(O)c1. The zero-order valence-corrected chi connectivity index (χ0v) is 16.6. The second-order valence-corrected chi connectivity index (χ2v) is 10.5. The molecule has 150 valence electrons. The molecule has 11 heteroatoms. The molecule has 1 atom stereocenters. The highest BCUT2D eigenvalue weighted by molar-refractivity contribution is 7.92. The van der Waals surface area contributed by atoms with E-state index in [1.807, 2.05) is 4.72 Å². The van der Waals surface area contributed by atoms with Crippen LogP contribution in [0.4, 0.5) is 5.69 Å².